The number of fused-ring (bicyclic) bond motifs is 1. The van der Waals surface area contributed by atoms with E-state index < -0.39 is 0 Å². The molecular formula is C19H25N5O2. The highest BCUT2D eigenvalue weighted by Gasteiger charge is 2.20. The first kappa shape index (κ1) is 17.0. The molecule has 0 unspecified atom stereocenters. The standard InChI is InChI=1S/C19H25N5O2/c25-18-12-11-14-6-4-9-16(19(14)20-18)26-13-5-10-17-21-22-23-24(17)15-7-2-1-3-8-15/h4,6,9,15H,1-3,5,7-8,10-13H2,(H,20,25). The highest BCUT2D eigenvalue weighted by atomic mass is 16.5. The van der Waals surface area contributed by atoms with Crippen LogP contribution in [-0.4, -0.2) is 32.7 Å². The summed E-state index contributed by atoms with van der Waals surface area (Å²) in [6.45, 7) is 0.573. The topological polar surface area (TPSA) is 81.9 Å². The van der Waals surface area contributed by atoms with Gasteiger partial charge in [-0.1, -0.05) is 31.4 Å². The number of hydrogen-bond donors (Lipinski definition) is 1. The van der Waals surface area contributed by atoms with E-state index in [1.165, 1.54) is 32.1 Å². The van der Waals surface area contributed by atoms with Crippen molar-refractivity contribution >= 4 is 11.6 Å². The Bertz CT molecular complexity index is 767. The second-order valence-corrected chi connectivity index (χ2v) is 7.12. The summed E-state index contributed by atoms with van der Waals surface area (Å²) < 4.78 is 7.96. The number of benzene rings is 1. The Morgan fingerprint density at radius 1 is 1.19 bits per heavy atom. The molecule has 0 radical (unpaired) electrons. The number of amides is 1. The molecular weight excluding hydrogens is 330 g/mol. The second kappa shape index (κ2) is 7.85. The number of hydrogen-bond acceptors (Lipinski definition) is 5. The van der Waals surface area contributed by atoms with Crippen LogP contribution in [-0.2, 0) is 17.6 Å². The van der Waals surface area contributed by atoms with Gasteiger partial charge in [0.25, 0.3) is 0 Å². The van der Waals surface area contributed by atoms with Crippen LogP contribution in [0.1, 0.15) is 62.4 Å². The number of aryl methyl sites for hydroxylation is 2. The smallest absolute Gasteiger partial charge is 0.224 e. The maximum atomic E-state index is 11.7. The first-order chi connectivity index (χ1) is 12.8. The second-order valence-electron chi connectivity index (χ2n) is 7.12. The lowest BCUT2D eigenvalue weighted by molar-refractivity contribution is -0.116. The van der Waals surface area contributed by atoms with Crippen molar-refractivity contribution in [3.8, 4) is 5.75 Å². The van der Waals surface area contributed by atoms with Gasteiger partial charge in [0.15, 0.2) is 5.82 Å². The van der Waals surface area contributed by atoms with Gasteiger partial charge in [-0.25, -0.2) is 4.68 Å². The van der Waals surface area contributed by atoms with Gasteiger partial charge in [-0.15, -0.1) is 5.10 Å². The average Bonchev–Trinajstić information content (AvgIpc) is 3.14. The van der Waals surface area contributed by atoms with E-state index >= 15 is 0 Å². The number of carbonyl (C=O) groups is 1. The van der Waals surface area contributed by atoms with Crippen LogP contribution in [0, 0.1) is 0 Å². The molecule has 0 saturated heterocycles. The van der Waals surface area contributed by atoms with Crippen LogP contribution < -0.4 is 10.1 Å². The first-order valence-corrected chi connectivity index (χ1v) is 9.62. The van der Waals surface area contributed by atoms with Crippen molar-refractivity contribution in [2.75, 3.05) is 11.9 Å². The predicted molar refractivity (Wildman–Crippen MR) is 97.1 cm³/mol. The summed E-state index contributed by atoms with van der Waals surface area (Å²) in [7, 11) is 0. The Hall–Kier alpha value is -2.44. The predicted octanol–water partition coefficient (Wildman–Crippen LogP) is 3.07. The van der Waals surface area contributed by atoms with Crippen molar-refractivity contribution in [3.05, 3.63) is 29.6 Å². The zero-order valence-corrected chi connectivity index (χ0v) is 15.0. The molecule has 0 atom stereocenters. The molecule has 1 amide bonds. The third-order valence-electron chi connectivity index (χ3n) is 5.28. The summed E-state index contributed by atoms with van der Waals surface area (Å²) in [5, 5.41) is 15.2. The van der Waals surface area contributed by atoms with E-state index in [0.717, 1.165) is 42.1 Å². The Labute approximate surface area is 153 Å². The summed E-state index contributed by atoms with van der Waals surface area (Å²) in [6, 6.07) is 6.39. The van der Waals surface area contributed by atoms with E-state index in [4.69, 9.17) is 4.74 Å². The average molecular weight is 355 g/mol. The minimum atomic E-state index is 0.0557. The molecule has 0 bridgehead atoms. The molecule has 1 fully saturated rings. The van der Waals surface area contributed by atoms with Crippen LogP contribution in [0.2, 0.25) is 0 Å². The first-order valence-electron chi connectivity index (χ1n) is 9.62. The fourth-order valence-corrected chi connectivity index (χ4v) is 3.90. The summed E-state index contributed by atoms with van der Waals surface area (Å²) in [4.78, 5) is 11.7. The quantitative estimate of drug-likeness (QED) is 0.805. The van der Waals surface area contributed by atoms with Crippen molar-refractivity contribution in [2.45, 2.75) is 63.8 Å². The molecule has 2 heterocycles. The number of ether oxygens (including phenoxy) is 1. The summed E-state index contributed by atoms with van der Waals surface area (Å²) >= 11 is 0. The van der Waals surface area contributed by atoms with Crippen LogP contribution in [0.25, 0.3) is 0 Å². The molecule has 2 aromatic rings. The Morgan fingerprint density at radius 3 is 2.96 bits per heavy atom. The third kappa shape index (κ3) is 3.71. The van der Waals surface area contributed by atoms with Crippen molar-refractivity contribution in [2.24, 2.45) is 0 Å². The molecule has 26 heavy (non-hydrogen) atoms. The molecule has 7 nitrogen and oxygen atoms in total. The fraction of sp³-hybridized carbons (Fsp3) is 0.579. The highest BCUT2D eigenvalue weighted by Crippen LogP contribution is 2.32. The Kier molecular flexibility index (Phi) is 5.13. The number of nitrogens with zero attached hydrogens (tertiary/aromatic N) is 4. The molecule has 1 aliphatic carbocycles. The van der Waals surface area contributed by atoms with Gasteiger partial charge in [0.2, 0.25) is 5.91 Å². The lowest BCUT2D eigenvalue weighted by Gasteiger charge is -2.22. The van der Waals surface area contributed by atoms with E-state index in [-0.39, 0.29) is 5.91 Å². The van der Waals surface area contributed by atoms with Crippen LogP contribution in [0.3, 0.4) is 0 Å². The number of aromatic nitrogens is 4. The van der Waals surface area contributed by atoms with E-state index in [1.807, 2.05) is 22.9 Å². The summed E-state index contributed by atoms with van der Waals surface area (Å²) in [5.74, 6) is 1.76. The molecule has 1 aliphatic heterocycles. The summed E-state index contributed by atoms with van der Waals surface area (Å²) in [6.07, 6.45) is 9.13. The SMILES string of the molecule is O=C1CCc2cccc(OCCCc3nnnn3C3CCCCC3)c2N1. The maximum absolute atomic E-state index is 11.7. The van der Waals surface area contributed by atoms with E-state index in [0.29, 0.717) is 19.1 Å². The molecule has 7 heteroatoms. The molecule has 4 rings (SSSR count). The molecule has 0 spiro atoms. The lowest BCUT2D eigenvalue weighted by atomic mass is 9.95. The molecule has 138 valence electrons. The lowest BCUT2D eigenvalue weighted by Crippen LogP contribution is -2.20. The molecule has 1 N–H and O–H groups in total. The fourth-order valence-electron chi connectivity index (χ4n) is 3.90. The van der Waals surface area contributed by atoms with Crippen molar-refractivity contribution < 1.29 is 9.53 Å². The van der Waals surface area contributed by atoms with Crippen molar-refractivity contribution in [1.82, 2.24) is 20.2 Å². The van der Waals surface area contributed by atoms with E-state index in [1.54, 1.807) is 0 Å². The van der Waals surface area contributed by atoms with Crippen LogP contribution >= 0.6 is 0 Å². The summed E-state index contributed by atoms with van der Waals surface area (Å²) in [5.41, 5.74) is 1.97. The van der Waals surface area contributed by atoms with E-state index in [2.05, 4.69) is 20.8 Å². The van der Waals surface area contributed by atoms with Crippen LogP contribution in [0.4, 0.5) is 5.69 Å². The minimum absolute atomic E-state index is 0.0557. The van der Waals surface area contributed by atoms with Gasteiger partial charge < -0.3 is 10.1 Å². The van der Waals surface area contributed by atoms with Crippen LogP contribution in [0.15, 0.2) is 18.2 Å². The Morgan fingerprint density at radius 2 is 2.08 bits per heavy atom. The number of nitrogens with one attached hydrogen (secondary N) is 1. The zero-order valence-electron chi connectivity index (χ0n) is 15.0. The van der Waals surface area contributed by atoms with Gasteiger partial charge in [-0.3, -0.25) is 4.79 Å². The number of carbonyl (C=O) groups excluding carboxylic acids is 1. The molecule has 2 aliphatic rings. The molecule has 1 saturated carbocycles. The monoisotopic (exact) mass is 355 g/mol. The van der Waals surface area contributed by atoms with Gasteiger partial charge in [0.05, 0.1) is 18.3 Å². The minimum Gasteiger partial charge on any atom is -0.491 e. The number of para-hydroxylation sites is 1. The molecule has 1 aromatic carbocycles. The number of anilines is 1. The van der Waals surface area contributed by atoms with Gasteiger partial charge >= 0.3 is 0 Å². The van der Waals surface area contributed by atoms with E-state index in [9.17, 15) is 4.79 Å². The van der Waals surface area contributed by atoms with Gasteiger partial charge in [-0.2, -0.15) is 0 Å². The van der Waals surface area contributed by atoms with Gasteiger partial charge in [0.1, 0.15) is 5.75 Å². The van der Waals surface area contributed by atoms with Gasteiger partial charge in [0, 0.05) is 12.8 Å². The molecule has 1 aromatic heterocycles. The number of rotatable bonds is 6. The zero-order chi connectivity index (χ0) is 17.8. The van der Waals surface area contributed by atoms with Crippen molar-refractivity contribution in [3.63, 3.8) is 0 Å². The highest BCUT2D eigenvalue weighted by molar-refractivity contribution is 5.95. The van der Waals surface area contributed by atoms with Gasteiger partial charge in [-0.05, 0) is 47.7 Å². The maximum Gasteiger partial charge on any atom is 0.224 e. The third-order valence-corrected chi connectivity index (χ3v) is 5.28. The van der Waals surface area contributed by atoms with Crippen molar-refractivity contribution in [1.29, 1.82) is 0 Å². The van der Waals surface area contributed by atoms with Crippen LogP contribution in [0.5, 0.6) is 5.75 Å². The number of tetrazole rings is 1. The largest absolute Gasteiger partial charge is 0.491 e. The Balaban J connectivity index is 1.33. The normalized spacial score (nSPS) is 17.6.